The number of ether oxygens (including phenoxy) is 1. The highest BCUT2D eigenvalue weighted by molar-refractivity contribution is 6.29. The van der Waals surface area contributed by atoms with Crippen molar-refractivity contribution in [3.63, 3.8) is 0 Å². The molecule has 1 aromatic rings. The van der Waals surface area contributed by atoms with E-state index in [2.05, 4.69) is 20.9 Å². The molecule has 1 aliphatic carbocycles. The van der Waals surface area contributed by atoms with Crippen LogP contribution in [0.3, 0.4) is 0 Å². The van der Waals surface area contributed by atoms with Crippen LogP contribution in [0.5, 0.6) is 0 Å². The number of hydrogen-bond donors (Lipinski definition) is 0. The van der Waals surface area contributed by atoms with E-state index >= 15 is 0 Å². The van der Waals surface area contributed by atoms with Gasteiger partial charge in [0.1, 0.15) is 17.6 Å². The van der Waals surface area contributed by atoms with E-state index in [1.807, 2.05) is 6.92 Å². The lowest BCUT2D eigenvalue weighted by atomic mass is 10.3. The summed E-state index contributed by atoms with van der Waals surface area (Å²) in [5, 5.41) is 9.15. The first-order valence-electron chi connectivity index (χ1n) is 6.49. The third kappa shape index (κ3) is 4.05. The minimum Gasteiger partial charge on any atom is -0.374 e. The second-order valence-electron chi connectivity index (χ2n) is 4.43. The van der Waals surface area contributed by atoms with Crippen molar-refractivity contribution in [3.8, 4) is 6.07 Å². The van der Waals surface area contributed by atoms with Gasteiger partial charge in [-0.2, -0.15) is 5.26 Å². The molecule has 2 rings (SSSR count). The number of nitriles is 1. The van der Waals surface area contributed by atoms with Gasteiger partial charge in [0.25, 0.3) is 0 Å². The molecule has 0 saturated heterocycles. The Morgan fingerprint density at radius 2 is 2.32 bits per heavy atom. The van der Waals surface area contributed by atoms with E-state index in [0.29, 0.717) is 43.2 Å². The molecule has 1 aliphatic rings. The molecular formula is C13H17ClN4O. The lowest BCUT2D eigenvalue weighted by Gasteiger charge is -2.22. The van der Waals surface area contributed by atoms with Crippen molar-refractivity contribution < 1.29 is 4.74 Å². The quantitative estimate of drug-likeness (QED) is 0.718. The highest BCUT2D eigenvalue weighted by Gasteiger charge is 2.30. The van der Waals surface area contributed by atoms with Gasteiger partial charge in [0.05, 0.1) is 12.5 Å². The van der Waals surface area contributed by atoms with Gasteiger partial charge in [0.15, 0.2) is 5.82 Å². The highest BCUT2D eigenvalue weighted by atomic mass is 35.5. The summed E-state index contributed by atoms with van der Waals surface area (Å²) in [6.45, 7) is 3.59. The number of rotatable bonds is 7. The fourth-order valence-corrected chi connectivity index (χ4v) is 2.09. The number of halogens is 1. The minimum atomic E-state index is 0.362. The maximum absolute atomic E-state index is 8.73. The topological polar surface area (TPSA) is 62.0 Å². The molecule has 6 heteroatoms. The van der Waals surface area contributed by atoms with Crippen LogP contribution in [0.4, 0.5) is 5.82 Å². The number of hydrogen-bond acceptors (Lipinski definition) is 5. The number of aromatic nitrogens is 2. The molecule has 0 bridgehead atoms. The fraction of sp³-hybridized carbons (Fsp3) is 0.615. The molecule has 0 amide bonds. The van der Waals surface area contributed by atoms with Gasteiger partial charge in [-0.3, -0.25) is 0 Å². The lowest BCUT2D eigenvalue weighted by molar-refractivity contribution is 0.128. The zero-order valence-electron chi connectivity index (χ0n) is 11.0. The molecule has 0 aliphatic heterocycles. The van der Waals surface area contributed by atoms with Crippen LogP contribution in [0.1, 0.15) is 32.0 Å². The van der Waals surface area contributed by atoms with Crippen LogP contribution >= 0.6 is 11.6 Å². The van der Waals surface area contributed by atoms with Crippen molar-refractivity contribution >= 4 is 17.4 Å². The van der Waals surface area contributed by atoms with Crippen molar-refractivity contribution in [2.75, 3.05) is 18.1 Å². The summed E-state index contributed by atoms with van der Waals surface area (Å²) in [5.74, 6) is 1.39. The van der Waals surface area contributed by atoms with Crippen LogP contribution in [0, 0.1) is 11.3 Å². The van der Waals surface area contributed by atoms with Crippen LogP contribution in [-0.4, -0.2) is 29.2 Å². The summed E-state index contributed by atoms with van der Waals surface area (Å²) in [7, 11) is 0. The molecule has 19 heavy (non-hydrogen) atoms. The van der Waals surface area contributed by atoms with Crippen LogP contribution in [0.2, 0.25) is 5.15 Å². The van der Waals surface area contributed by atoms with E-state index < -0.39 is 0 Å². The average molecular weight is 281 g/mol. The molecule has 5 nitrogen and oxygen atoms in total. The molecule has 1 saturated carbocycles. The van der Waals surface area contributed by atoms with Gasteiger partial charge in [-0.15, -0.1) is 0 Å². The normalized spacial score (nSPS) is 14.2. The molecule has 0 N–H and O–H groups in total. The Morgan fingerprint density at radius 3 is 2.95 bits per heavy atom. The van der Waals surface area contributed by atoms with Crippen molar-refractivity contribution in [2.45, 2.75) is 38.8 Å². The van der Waals surface area contributed by atoms with E-state index in [1.165, 1.54) is 0 Å². The maximum Gasteiger partial charge on any atom is 0.158 e. The molecule has 0 spiro atoms. The van der Waals surface area contributed by atoms with Crippen LogP contribution in [-0.2, 0) is 11.3 Å². The Labute approximate surface area is 118 Å². The van der Waals surface area contributed by atoms with Gasteiger partial charge >= 0.3 is 0 Å². The molecule has 0 atom stereocenters. The second-order valence-corrected chi connectivity index (χ2v) is 4.82. The lowest BCUT2D eigenvalue weighted by Crippen LogP contribution is -2.28. The zero-order valence-corrected chi connectivity index (χ0v) is 11.7. The summed E-state index contributed by atoms with van der Waals surface area (Å²) in [4.78, 5) is 10.8. The Hall–Kier alpha value is -1.38. The molecule has 1 aromatic heterocycles. The molecule has 0 radical (unpaired) electrons. The minimum absolute atomic E-state index is 0.362. The van der Waals surface area contributed by atoms with Gasteiger partial charge in [0.2, 0.25) is 0 Å². The third-order valence-corrected chi connectivity index (χ3v) is 3.10. The first kappa shape index (κ1) is 14.0. The van der Waals surface area contributed by atoms with Gasteiger partial charge < -0.3 is 9.64 Å². The average Bonchev–Trinajstić information content (AvgIpc) is 3.21. The smallest absolute Gasteiger partial charge is 0.158 e. The first-order valence-corrected chi connectivity index (χ1v) is 6.87. The van der Waals surface area contributed by atoms with Gasteiger partial charge in [-0.1, -0.05) is 11.6 Å². The van der Waals surface area contributed by atoms with Gasteiger partial charge in [0, 0.05) is 25.3 Å². The van der Waals surface area contributed by atoms with Crippen molar-refractivity contribution in [3.05, 3.63) is 17.0 Å². The molecule has 0 aromatic carbocycles. The van der Waals surface area contributed by atoms with Gasteiger partial charge in [-0.05, 0) is 19.8 Å². The van der Waals surface area contributed by atoms with E-state index in [1.54, 1.807) is 6.07 Å². The second kappa shape index (κ2) is 6.69. The third-order valence-electron chi connectivity index (χ3n) is 2.91. The van der Waals surface area contributed by atoms with Crippen molar-refractivity contribution in [1.29, 1.82) is 5.26 Å². The van der Waals surface area contributed by atoms with Gasteiger partial charge in [-0.25, -0.2) is 9.97 Å². The predicted octanol–water partition coefficient (Wildman–Crippen LogP) is 2.55. The number of nitrogens with zero attached hydrogens (tertiary/aromatic N) is 4. The maximum atomic E-state index is 8.73. The summed E-state index contributed by atoms with van der Waals surface area (Å²) >= 11 is 6.03. The van der Waals surface area contributed by atoms with Crippen LogP contribution in [0.25, 0.3) is 0 Å². The fourth-order valence-electron chi connectivity index (χ4n) is 1.90. The van der Waals surface area contributed by atoms with E-state index in [4.69, 9.17) is 21.6 Å². The van der Waals surface area contributed by atoms with Crippen molar-refractivity contribution in [2.24, 2.45) is 0 Å². The summed E-state index contributed by atoms with van der Waals surface area (Å²) in [5.41, 5.74) is 0. The predicted molar refractivity (Wildman–Crippen MR) is 73.0 cm³/mol. The largest absolute Gasteiger partial charge is 0.374 e. The summed E-state index contributed by atoms with van der Waals surface area (Å²) < 4.78 is 5.31. The Balaban J connectivity index is 2.16. The van der Waals surface area contributed by atoms with Crippen LogP contribution in [0.15, 0.2) is 6.07 Å². The summed E-state index contributed by atoms with van der Waals surface area (Å²) in [6, 6.07) is 4.41. The molecule has 102 valence electrons. The first-order chi connectivity index (χ1) is 9.24. The monoisotopic (exact) mass is 280 g/mol. The molecular weight excluding hydrogens is 264 g/mol. The Bertz CT molecular complexity index is 470. The van der Waals surface area contributed by atoms with E-state index in [9.17, 15) is 0 Å². The SMILES string of the molecule is CCOCc1nc(Cl)cc(N(CCC#N)C2CC2)n1. The Kier molecular flexibility index (Phi) is 4.94. The van der Waals surface area contributed by atoms with E-state index in [0.717, 1.165) is 18.7 Å². The summed E-state index contributed by atoms with van der Waals surface area (Å²) in [6.07, 6.45) is 2.78. The molecule has 0 unspecified atom stereocenters. The van der Waals surface area contributed by atoms with Crippen molar-refractivity contribution in [1.82, 2.24) is 9.97 Å². The molecule has 1 fully saturated rings. The standard InChI is InChI=1S/C13H17ClN4O/c1-2-19-9-12-16-11(14)8-13(17-12)18(7-3-6-15)10-4-5-10/h8,10H,2-5,7,9H2,1H3. The number of anilines is 1. The van der Waals surface area contributed by atoms with Crippen LogP contribution < -0.4 is 4.90 Å². The van der Waals surface area contributed by atoms with E-state index in [-0.39, 0.29) is 0 Å². The zero-order chi connectivity index (χ0) is 13.7. The highest BCUT2D eigenvalue weighted by Crippen LogP contribution is 2.31. The Morgan fingerprint density at radius 1 is 1.53 bits per heavy atom. The molecule has 1 heterocycles.